The predicted molar refractivity (Wildman–Crippen MR) is 93.5 cm³/mol. The zero-order valence-corrected chi connectivity index (χ0v) is 14.4. The molecule has 0 spiro atoms. The Kier molecular flexibility index (Phi) is 5.92. The number of piperazine rings is 1. The van der Waals surface area contributed by atoms with Crippen LogP contribution in [0.3, 0.4) is 0 Å². The lowest BCUT2D eigenvalue weighted by molar-refractivity contribution is -0.133. The molecule has 3 rings (SSSR count). The lowest BCUT2D eigenvalue weighted by Crippen LogP contribution is -2.48. The van der Waals surface area contributed by atoms with E-state index in [4.69, 9.17) is 11.6 Å². The van der Waals surface area contributed by atoms with Gasteiger partial charge in [-0.1, -0.05) is 23.7 Å². The summed E-state index contributed by atoms with van der Waals surface area (Å²) in [5.41, 5.74) is 1.24. The number of nitrogens with zero attached hydrogens (tertiary/aromatic N) is 2. The van der Waals surface area contributed by atoms with Crippen LogP contribution in [-0.2, 0) is 11.3 Å². The van der Waals surface area contributed by atoms with Crippen LogP contribution < -0.4 is 5.32 Å². The minimum absolute atomic E-state index is 0.333. The van der Waals surface area contributed by atoms with Crippen LogP contribution in [0.4, 0.5) is 0 Å². The molecule has 0 bridgehead atoms. The van der Waals surface area contributed by atoms with Crippen LogP contribution in [0, 0.1) is 5.92 Å². The fourth-order valence-corrected chi connectivity index (χ4v) is 3.71. The summed E-state index contributed by atoms with van der Waals surface area (Å²) >= 11 is 6.04. The van der Waals surface area contributed by atoms with Crippen molar-refractivity contribution in [1.29, 1.82) is 0 Å². The Balaban J connectivity index is 1.40. The molecule has 0 saturated carbocycles. The van der Waals surface area contributed by atoms with Gasteiger partial charge in [0.05, 0.1) is 0 Å². The van der Waals surface area contributed by atoms with Crippen molar-refractivity contribution in [2.75, 3.05) is 39.3 Å². The van der Waals surface area contributed by atoms with Crippen molar-refractivity contribution in [1.82, 2.24) is 15.1 Å². The lowest BCUT2D eigenvalue weighted by atomic mass is 10.0. The van der Waals surface area contributed by atoms with Crippen LogP contribution in [-0.4, -0.2) is 55.0 Å². The molecule has 23 heavy (non-hydrogen) atoms. The molecule has 0 radical (unpaired) electrons. The summed E-state index contributed by atoms with van der Waals surface area (Å²) < 4.78 is 0. The molecule has 1 amide bonds. The molecule has 4 nitrogen and oxygen atoms in total. The number of amides is 1. The Morgan fingerprint density at radius 3 is 2.78 bits per heavy atom. The van der Waals surface area contributed by atoms with E-state index in [2.05, 4.69) is 16.3 Å². The van der Waals surface area contributed by atoms with Gasteiger partial charge in [0.25, 0.3) is 0 Å². The summed E-state index contributed by atoms with van der Waals surface area (Å²) in [5, 5.41) is 4.16. The van der Waals surface area contributed by atoms with Gasteiger partial charge in [-0.05, 0) is 49.5 Å². The SMILES string of the molecule is O=C(CCC1CCNC1)N1CCN(Cc2cccc(Cl)c2)CC1. The largest absolute Gasteiger partial charge is 0.340 e. The summed E-state index contributed by atoms with van der Waals surface area (Å²) in [6.07, 6.45) is 2.97. The second kappa shape index (κ2) is 8.13. The fourth-order valence-electron chi connectivity index (χ4n) is 3.50. The maximum atomic E-state index is 12.3. The topological polar surface area (TPSA) is 35.6 Å². The van der Waals surface area contributed by atoms with Gasteiger partial charge >= 0.3 is 0 Å². The number of halogens is 1. The number of carbonyl (C=O) groups excluding carboxylic acids is 1. The first-order valence-electron chi connectivity index (χ1n) is 8.66. The number of benzene rings is 1. The summed E-state index contributed by atoms with van der Waals surface area (Å²) in [6.45, 7) is 6.70. The van der Waals surface area contributed by atoms with Gasteiger partial charge in [-0.2, -0.15) is 0 Å². The number of hydrogen-bond acceptors (Lipinski definition) is 3. The number of nitrogens with one attached hydrogen (secondary N) is 1. The highest BCUT2D eigenvalue weighted by molar-refractivity contribution is 6.30. The summed E-state index contributed by atoms with van der Waals surface area (Å²) in [5.74, 6) is 1.03. The molecule has 1 N–H and O–H groups in total. The Labute approximate surface area is 143 Å². The van der Waals surface area contributed by atoms with Crippen molar-refractivity contribution in [2.45, 2.75) is 25.8 Å². The van der Waals surface area contributed by atoms with Crippen molar-refractivity contribution in [3.8, 4) is 0 Å². The van der Waals surface area contributed by atoms with Crippen LogP contribution in [0.15, 0.2) is 24.3 Å². The molecule has 5 heteroatoms. The smallest absolute Gasteiger partial charge is 0.222 e. The molecule has 2 fully saturated rings. The van der Waals surface area contributed by atoms with Crippen LogP contribution in [0.2, 0.25) is 5.02 Å². The molecular formula is C18H26ClN3O. The molecule has 1 unspecified atom stereocenters. The third-order valence-corrected chi connectivity index (χ3v) is 5.18. The van der Waals surface area contributed by atoms with Crippen molar-refractivity contribution < 1.29 is 4.79 Å². The van der Waals surface area contributed by atoms with E-state index in [1.165, 1.54) is 12.0 Å². The molecule has 0 aliphatic carbocycles. The van der Waals surface area contributed by atoms with Crippen molar-refractivity contribution >= 4 is 17.5 Å². The molecule has 2 heterocycles. The quantitative estimate of drug-likeness (QED) is 0.897. The molecule has 1 aromatic rings. The van der Waals surface area contributed by atoms with Crippen molar-refractivity contribution in [3.05, 3.63) is 34.9 Å². The van der Waals surface area contributed by atoms with E-state index in [9.17, 15) is 4.79 Å². The normalized spacial score (nSPS) is 22.5. The highest BCUT2D eigenvalue weighted by atomic mass is 35.5. The predicted octanol–water partition coefficient (Wildman–Crippen LogP) is 2.37. The third-order valence-electron chi connectivity index (χ3n) is 4.95. The van der Waals surface area contributed by atoms with E-state index >= 15 is 0 Å². The molecule has 2 aliphatic heterocycles. The van der Waals surface area contributed by atoms with E-state index in [-0.39, 0.29) is 0 Å². The zero-order valence-electron chi connectivity index (χ0n) is 13.6. The van der Waals surface area contributed by atoms with Crippen molar-refractivity contribution in [3.63, 3.8) is 0 Å². The van der Waals surface area contributed by atoms with Gasteiger partial charge in [-0.15, -0.1) is 0 Å². The van der Waals surface area contributed by atoms with Crippen LogP contribution in [0.1, 0.15) is 24.8 Å². The summed E-state index contributed by atoms with van der Waals surface area (Å²) in [4.78, 5) is 16.8. The standard InChI is InChI=1S/C18H26ClN3O/c19-17-3-1-2-16(12-17)14-21-8-10-22(11-9-21)18(23)5-4-15-6-7-20-13-15/h1-3,12,15,20H,4-11,13-14H2. The second-order valence-electron chi connectivity index (χ2n) is 6.68. The number of rotatable bonds is 5. The molecular weight excluding hydrogens is 310 g/mol. The molecule has 1 atom stereocenters. The molecule has 126 valence electrons. The monoisotopic (exact) mass is 335 g/mol. The van der Waals surface area contributed by atoms with Gasteiger partial charge in [0.1, 0.15) is 0 Å². The maximum absolute atomic E-state index is 12.3. The summed E-state index contributed by atoms with van der Waals surface area (Å²) in [6, 6.07) is 8.03. The first kappa shape index (κ1) is 16.7. The molecule has 0 aromatic heterocycles. The fraction of sp³-hybridized carbons (Fsp3) is 0.611. The Hall–Kier alpha value is -1.10. The van der Waals surface area contributed by atoms with Crippen LogP contribution >= 0.6 is 11.6 Å². The van der Waals surface area contributed by atoms with E-state index in [1.807, 2.05) is 23.1 Å². The average molecular weight is 336 g/mol. The first-order valence-corrected chi connectivity index (χ1v) is 9.04. The highest BCUT2D eigenvalue weighted by Gasteiger charge is 2.22. The van der Waals surface area contributed by atoms with Gasteiger partial charge in [0, 0.05) is 44.2 Å². The molecule has 2 aliphatic rings. The van der Waals surface area contributed by atoms with Gasteiger partial charge in [-0.25, -0.2) is 0 Å². The average Bonchev–Trinajstić information content (AvgIpc) is 3.07. The van der Waals surface area contributed by atoms with Gasteiger partial charge < -0.3 is 10.2 Å². The van der Waals surface area contributed by atoms with E-state index in [1.54, 1.807) is 0 Å². The number of hydrogen-bond donors (Lipinski definition) is 1. The lowest BCUT2D eigenvalue weighted by Gasteiger charge is -2.35. The molecule has 1 aromatic carbocycles. The Morgan fingerprint density at radius 2 is 2.09 bits per heavy atom. The highest BCUT2D eigenvalue weighted by Crippen LogP contribution is 2.17. The second-order valence-corrected chi connectivity index (χ2v) is 7.12. The first-order chi connectivity index (χ1) is 11.2. The van der Waals surface area contributed by atoms with Gasteiger partial charge in [0.15, 0.2) is 0 Å². The third kappa shape index (κ3) is 4.93. The van der Waals surface area contributed by atoms with Gasteiger partial charge in [-0.3, -0.25) is 9.69 Å². The van der Waals surface area contributed by atoms with E-state index in [0.717, 1.165) is 57.3 Å². The Bertz CT molecular complexity index is 523. The molecule has 2 saturated heterocycles. The van der Waals surface area contributed by atoms with E-state index < -0.39 is 0 Å². The Morgan fingerprint density at radius 1 is 1.26 bits per heavy atom. The van der Waals surface area contributed by atoms with Crippen molar-refractivity contribution in [2.24, 2.45) is 5.92 Å². The van der Waals surface area contributed by atoms with Crippen LogP contribution in [0.25, 0.3) is 0 Å². The summed E-state index contributed by atoms with van der Waals surface area (Å²) in [7, 11) is 0. The van der Waals surface area contributed by atoms with E-state index in [0.29, 0.717) is 18.2 Å². The minimum atomic E-state index is 0.333. The minimum Gasteiger partial charge on any atom is -0.340 e. The maximum Gasteiger partial charge on any atom is 0.222 e. The zero-order chi connectivity index (χ0) is 16.1. The van der Waals surface area contributed by atoms with Gasteiger partial charge in [0.2, 0.25) is 5.91 Å². The van der Waals surface area contributed by atoms with Crippen LogP contribution in [0.5, 0.6) is 0 Å². The number of carbonyl (C=O) groups is 1.